The topological polar surface area (TPSA) is 72.9 Å². The maximum absolute atomic E-state index is 11.8. The van der Waals surface area contributed by atoms with Crippen molar-refractivity contribution < 1.29 is 23.9 Å². The predicted octanol–water partition coefficient (Wildman–Crippen LogP) is 1.44. The van der Waals surface area contributed by atoms with Crippen LogP contribution in [0.5, 0.6) is 0 Å². The van der Waals surface area contributed by atoms with E-state index in [0.29, 0.717) is 32.1 Å². The molecule has 0 spiro atoms. The Morgan fingerprint density at radius 3 is 2.67 bits per heavy atom. The lowest BCUT2D eigenvalue weighted by Crippen LogP contribution is -2.46. The number of nitrogens with zero attached hydrogens (tertiary/aromatic N) is 1. The Bertz CT molecular complexity index is 418. The van der Waals surface area contributed by atoms with Gasteiger partial charge in [0.05, 0.1) is 14.2 Å². The van der Waals surface area contributed by atoms with Crippen molar-refractivity contribution in [1.82, 2.24) is 4.90 Å². The monoisotopic (exact) mass is 297 g/mol. The Kier molecular flexibility index (Phi) is 6.91. The van der Waals surface area contributed by atoms with E-state index in [9.17, 15) is 14.4 Å². The summed E-state index contributed by atoms with van der Waals surface area (Å²) >= 11 is 0. The molecule has 1 aliphatic heterocycles. The second-order valence-electron chi connectivity index (χ2n) is 5.00. The van der Waals surface area contributed by atoms with Gasteiger partial charge in [0.2, 0.25) is 0 Å². The van der Waals surface area contributed by atoms with Crippen LogP contribution in [0.3, 0.4) is 0 Å². The van der Waals surface area contributed by atoms with Crippen LogP contribution >= 0.6 is 0 Å². The molecule has 1 aliphatic rings. The van der Waals surface area contributed by atoms with Crippen molar-refractivity contribution in [2.45, 2.75) is 51.1 Å². The second kappa shape index (κ2) is 8.44. The van der Waals surface area contributed by atoms with Crippen molar-refractivity contribution in [2.24, 2.45) is 0 Å². The van der Waals surface area contributed by atoms with Gasteiger partial charge in [0.25, 0.3) is 0 Å². The van der Waals surface area contributed by atoms with Crippen LogP contribution in [0, 0.1) is 0 Å². The highest BCUT2D eigenvalue weighted by Crippen LogP contribution is 2.23. The van der Waals surface area contributed by atoms with Crippen molar-refractivity contribution in [2.75, 3.05) is 14.2 Å². The molecule has 0 amide bonds. The highest BCUT2D eigenvalue weighted by molar-refractivity contribution is 5.91. The molecule has 0 aliphatic carbocycles. The molecule has 1 rings (SSSR count). The summed E-state index contributed by atoms with van der Waals surface area (Å²) < 4.78 is 9.42. The predicted molar refractivity (Wildman–Crippen MR) is 76.4 cm³/mol. The van der Waals surface area contributed by atoms with Crippen LogP contribution in [-0.4, -0.2) is 48.9 Å². The van der Waals surface area contributed by atoms with E-state index in [0.717, 1.165) is 0 Å². The number of ketones is 1. The second-order valence-corrected chi connectivity index (χ2v) is 5.00. The van der Waals surface area contributed by atoms with E-state index in [-0.39, 0.29) is 23.8 Å². The van der Waals surface area contributed by atoms with Gasteiger partial charge in [-0.2, -0.15) is 0 Å². The van der Waals surface area contributed by atoms with Gasteiger partial charge < -0.3 is 14.4 Å². The van der Waals surface area contributed by atoms with E-state index >= 15 is 0 Å². The summed E-state index contributed by atoms with van der Waals surface area (Å²) in [5, 5.41) is 0. The lowest BCUT2D eigenvalue weighted by atomic mass is 9.97. The van der Waals surface area contributed by atoms with Gasteiger partial charge in [-0.15, -0.1) is 0 Å². The number of esters is 2. The van der Waals surface area contributed by atoms with E-state index < -0.39 is 6.04 Å². The first-order valence-corrected chi connectivity index (χ1v) is 7.16. The lowest BCUT2D eigenvalue weighted by Gasteiger charge is -2.37. The molecule has 0 saturated heterocycles. The maximum atomic E-state index is 11.8. The van der Waals surface area contributed by atoms with Gasteiger partial charge in [-0.25, -0.2) is 4.79 Å². The fourth-order valence-electron chi connectivity index (χ4n) is 2.53. The number of allylic oxidation sites excluding steroid dienone is 1. The lowest BCUT2D eigenvalue weighted by molar-refractivity contribution is -0.147. The van der Waals surface area contributed by atoms with Crippen molar-refractivity contribution in [3.63, 3.8) is 0 Å². The van der Waals surface area contributed by atoms with Gasteiger partial charge in [-0.1, -0.05) is 6.92 Å². The quantitative estimate of drug-likeness (QED) is 0.662. The minimum absolute atomic E-state index is 0.0361. The van der Waals surface area contributed by atoms with Gasteiger partial charge in [0.15, 0.2) is 5.78 Å². The van der Waals surface area contributed by atoms with Crippen LogP contribution in [0.15, 0.2) is 12.3 Å². The molecule has 0 aromatic carbocycles. The zero-order chi connectivity index (χ0) is 15.8. The Labute approximate surface area is 125 Å². The highest BCUT2D eigenvalue weighted by atomic mass is 16.5. The van der Waals surface area contributed by atoms with Crippen LogP contribution < -0.4 is 0 Å². The summed E-state index contributed by atoms with van der Waals surface area (Å²) in [6.07, 6.45) is 5.69. The van der Waals surface area contributed by atoms with Gasteiger partial charge in [-0.05, 0) is 25.3 Å². The zero-order valence-electron chi connectivity index (χ0n) is 12.8. The maximum Gasteiger partial charge on any atom is 0.328 e. The van der Waals surface area contributed by atoms with Gasteiger partial charge in [0, 0.05) is 25.1 Å². The summed E-state index contributed by atoms with van der Waals surface area (Å²) in [5.74, 6) is -0.539. The van der Waals surface area contributed by atoms with Crippen LogP contribution in [0.4, 0.5) is 0 Å². The van der Waals surface area contributed by atoms with E-state index in [1.54, 1.807) is 6.20 Å². The number of ether oxygens (including phenoxy) is 2. The average Bonchev–Trinajstić information content (AvgIpc) is 2.49. The molecule has 0 N–H and O–H groups in total. The Morgan fingerprint density at radius 2 is 2.10 bits per heavy atom. The van der Waals surface area contributed by atoms with Crippen molar-refractivity contribution in [1.29, 1.82) is 0 Å². The summed E-state index contributed by atoms with van der Waals surface area (Å²) in [5.41, 5.74) is 0. The largest absolute Gasteiger partial charge is 0.469 e. The minimum atomic E-state index is -0.400. The molecule has 0 fully saturated rings. The molecular formula is C15H23NO5. The first-order chi connectivity index (χ1) is 10.0. The Hall–Kier alpha value is -1.85. The smallest absolute Gasteiger partial charge is 0.328 e. The number of rotatable bonds is 7. The zero-order valence-corrected chi connectivity index (χ0v) is 12.8. The molecule has 0 aromatic heterocycles. The van der Waals surface area contributed by atoms with Crippen LogP contribution in [0.25, 0.3) is 0 Å². The molecule has 0 unspecified atom stereocenters. The molecule has 6 nitrogen and oxygen atoms in total. The number of methoxy groups -OCH3 is 2. The highest BCUT2D eigenvalue weighted by Gasteiger charge is 2.31. The summed E-state index contributed by atoms with van der Waals surface area (Å²) in [6.45, 7) is 1.90. The minimum Gasteiger partial charge on any atom is -0.469 e. The number of hydrogen-bond donors (Lipinski definition) is 0. The normalized spacial score (nSPS) is 19.3. The third-order valence-electron chi connectivity index (χ3n) is 3.66. The molecule has 0 bridgehead atoms. The molecule has 0 radical (unpaired) electrons. The van der Waals surface area contributed by atoms with Crippen molar-refractivity contribution in [3.8, 4) is 0 Å². The number of carbonyl (C=O) groups excluding carboxylic acids is 3. The van der Waals surface area contributed by atoms with Crippen LogP contribution in [0.2, 0.25) is 0 Å². The molecular weight excluding hydrogens is 274 g/mol. The average molecular weight is 297 g/mol. The number of hydrogen-bond acceptors (Lipinski definition) is 6. The fourth-order valence-corrected chi connectivity index (χ4v) is 2.53. The fraction of sp³-hybridized carbons (Fsp3) is 0.667. The third-order valence-corrected chi connectivity index (χ3v) is 3.66. The molecule has 21 heavy (non-hydrogen) atoms. The first kappa shape index (κ1) is 17.2. The van der Waals surface area contributed by atoms with Gasteiger partial charge in [0.1, 0.15) is 6.04 Å². The van der Waals surface area contributed by atoms with Gasteiger partial charge >= 0.3 is 11.9 Å². The van der Waals surface area contributed by atoms with E-state index in [1.807, 2.05) is 11.8 Å². The third kappa shape index (κ3) is 4.88. The molecule has 6 heteroatoms. The molecule has 118 valence electrons. The van der Waals surface area contributed by atoms with Crippen LogP contribution in [-0.2, 0) is 23.9 Å². The molecule has 0 saturated carbocycles. The van der Waals surface area contributed by atoms with E-state index in [1.165, 1.54) is 20.3 Å². The summed E-state index contributed by atoms with van der Waals surface area (Å²) in [6, 6.07) is -0.487. The standard InChI is InChI=1S/C15H23NO5/c1-4-13(15(19)21-3)16-9-8-12(17)10-11(16)6-5-7-14(18)20-2/h8-9,11,13H,4-7,10H2,1-3H3/t11-,13-/m0/s1. The Balaban J connectivity index is 2.72. The Morgan fingerprint density at radius 1 is 1.38 bits per heavy atom. The molecule has 2 atom stereocenters. The van der Waals surface area contributed by atoms with Crippen LogP contribution in [0.1, 0.15) is 39.0 Å². The SMILES string of the molecule is CC[C@@H](C(=O)OC)N1C=CC(=O)C[C@@H]1CCCC(=O)OC. The van der Waals surface area contributed by atoms with Crippen molar-refractivity contribution >= 4 is 17.7 Å². The van der Waals surface area contributed by atoms with Gasteiger partial charge in [-0.3, -0.25) is 9.59 Å². The number of carbonyl (C=O) groups is 3. The summed E-state index contributed by atoms with van der Waals surface area (Å²) in [4.78, 5) is 36.5. The molecule has 0 aromatic rings. The van der Waals surface area contributed by atoms with E-state index in [4.69, 9.17) is 4.74 Å². The van der Waals surface area contributed by atoms with E-state index in [2.05, 4.69) is 4.74 Å². The molecule has 1 heterocycles. The van der Waals surface area contributed by atoms with Crippen molar-refractivity contribution in [3.05, 3.63) is 12.3 Å². The summed E-state index contributed by atoms with van der Waals surface area (Å²) in [7, 11) is 2.71. The first-order valence-electron chi connectivity index (χ1n) is 7.16.